The lowest BCUT2D eigenvalue weighted by atomic mass is 9.92. The molecule has 1 aromatic heterocycles. The molecule has 1 N–H and O–H groups in total. The molecule has 6 heteroatoms. The Morgan fingerprint density at radius 1 is 1.29 bits per heavy atom. The topological polar surface area (TPSA) is 63.1 Å². The summed E-state index contributed by atoms with van der Waals surface area (Å²) in [5.41, 5.74) is 2.38. The molecule has 4 rings (SSSR count). The first-order chi connectivity index (χ1) is 10.3. The summed E-state index contributed by atoms with van der Waals surface area (Å²) in [7, 11) is 0. The molecule has 0 bridgehead atoms. The van der Waals surface area contributed by atoms with Gasteiger partial charge in [0.05, 0.1) is 12.5 Å². The molecule has 0 aliphatic carbocycles. The first kappa shape index (κ1) is 12.4. The first-order valence-electron chi connectivity index (χ1n) is 7.28. The Hall–Kier alpha value is -2.37. The first-order valence-corrected chi connectivity index (χ1v) is 7.28. The van der Waals surface area contributed by atoms with Crippen molar-refractivity contribution in [2.45, 2.75) is 19.5 Å². The van der Waals surface area contributed by atoms with E-state index < -0.39 is 0 Å². The van der Waals surface area contributed by atoms with Crippen LogP contribution < -0.4 is 5.32 Å². The molecule has 2 aliphatic heterocycles. The smallest absolute Gasteiger partial charge is 0.228 e. The number of nitrogens with one attached hydrogen (secondary N) is 1. The monoisotopic (exact) mass is 283 g/mol. The van der Waals surface area contributed by atoms with Crippen LogP contribution in [-0.4, -0.2) is 38.7 Å². The van der Waals surface area contributed by atoms with Crippen LogP contribution in [-0.2, 0) is 24.3 Å². The van der Waals surface area contributed by atoms with Crippen molar-refractivity contribution in [3.8, 4) is 0 Å². The molecule has 2 aromatic rings. The number of nitrogens with zero attached hydrogens (tertiary/aromatic N) is 4. The molecule has 0 spiro atoms. The van der Waals surface area contributed by atoms with Gasteiger partial charge in [0.2, 0.25) is 5.91 Å². The number of carbonyl (C=O) groups excluding carboxylic acids is 1. The number of para-hydroxylation sites is 1. The Balaban J connectivity index is 1.49. The van der Waals surface area contributed by atoms with Crippen molar-refractivity contribution < 1.29 is 4.79 Å². The zero-order valence-electron chi connectivity index (χ0n) is 11.7. The van der Waals surface area contributed by atoms with E-state index in [9.17, 15) is 4.79 Å². The summed E-state index contributed by atoms with van der Waals surface area (Å²) in [5.74, 6) is 1.10. The number of fused-ring (bicyclic) bond motifs is 2. The Bertz CT molecular complexity index is 680. The van der Waals surface area contributed by atoms with Gasteiger partial charge in [-0.1, -0.05) is 18.2 Å². The third-order valence-corrected chi connectivity index (χ3v) is 4.32. The highest BCUT2D eigenvalue weighted by atomic mass is 16.2. The van der Waals surface area contributed by atoms with Crippen LogP contribution in [0.3, 0.4) is 0 Å². The minimum Gasteiger partial charge on any atom is -0.384 e. The van der Waals surface area contributed by atoms with Crippen LogP contribution in [0.25, 0.3) is 0 Å². The third kappa shape index (κ3) is 2.16. The van der Waals surface area contributed by atoms with Crippen LogP contribution in [0.5, 0.6) is 0 Å². The average molecular weight is 283 g/mol. The predicted molar refractivity (Wildman–Crippen MR) is 77.6 cm³/mol. The normalized spacial score (nSPS) is 20.4. The Morgan fingerprint density at radius 2 is 2.19 bits per heavy atom. The van der Waals surface area contributed by atoms with E-state index in [0.717, 1.165) is 31.0 Å². The van der Waals surface area contributed by atoms with Gasteiger partial charge in [0.1, 0.15) is 6.33 Å². The highest BCUT2D eigenvalue weighted by Gasteiger charge is 2.30. The molecule has 1 unspecified atom stereocenters. The number of anilines is 1. The number of hydrogen-bond donors (Lipinski definition) is 1. The van der Waals surface area contributed by atoms with Crippen molar-refractivity contribution in [3.63, 3.8) is 0 Å². The van der Waals surface area contributed by atoms with Gasteiger partial charge in [-0.25, -0.2) is 0 Å². The average Bonchev–Trinajstić information content (AvgIpc) is 3.01. The highest BCUT2D eigenvalue weighted by Crippen LogP contribution is 2.26. The van der Waals surface area contributed by atoms with Crippen molar-refractivity contribution in [1.29, 1.82) is 0 Å². The van der Waals surface area contributed by atoms with Crippen LogP contribution >= 0.6 is 0 Å². The molecule has 0 fully saturated rings. The maximum Gasteiger partial charge on any atom is 0.228 e. The van der Waals surface area contributed by atoms with E-state index in [4.69, 9.17) is 0 Å². The Morgan fingerprint density at radius 3 is 3.14 bits per heavy atom. The lowest BCUT2D eigenvalue weighted by Gasteiger charge is -2.33. The molecule has 2 aliphatic rings. The van der Waals surface area contributed by atoms with Gasteiger partial charge in [-0.2, -0.15) is 0 Å². The van der Waals surface area contributed by atoms with E-state index in [-0.39, 0.29) is 11.8 Å². The van der Waals surface area contributed by atoms with Gasteiger partial charge in [0, 0.05) is 25.3 Å². The molecule has 108 valence electrons. The highest BCUT2D eigenvalue weighted by molar-refractivity contribution is 5.81. The van der Waals surface area contributed by atoms with Crippen molar-refractivity contribution in [3.05, 3.63) is 42.0 Å². The van der Waals surface area contributed by atoms with Gasteiger partial charge in [-0.3, -0.25) is 4.79 Å². The van der Waals surface area contributed by atoms with Crippen LogP contribution in [0.4, 0.5) is 5.69 Å². The summed E-state index contributed by atoms with van der Waals surface area (Å²) in [6, 6.07) is 8.20. The molecule has 3 heterocycles. The quantitative estimate of drug-likeness (QED) is 0.845. The fourth-order valence-electron chi connectivity index (χ4n) is 3.13. The van der Waals surface area contributed by atoms with Gasteiger partial charge >= 0.3 is 0 Å². The van der Waals surface area contributed by atoms with Crippen molar-refractivity contribution >= 4 is 11.6 Å². The maximum atomic E-state index is 12.7. The van der Waals surface area contributed by atoms with Crippen molar-refractivity contribution in [2.75, 3.05) is 18.4 Å². The van der Waals surface area contributed by atoms with Gasteiger partial charge < -0.3 is 14.8 Å². The van der Waals surface area contributed by atoms with Gasteiger partial charge in [-0.05, 0) is 18.1 Å². The third-order valence-electron chi connectivity index (χ3n) is 4.32. The predicted octanol–water partition coefficient (Wildman–Crippen LogP) is 0.905. The summed E-state index contributed by atoms with van der Waals surface area (Å²) < 4.78 is 2.01. The van der Waals surface area contributed by atoms with E-state index in [1.165, 1.54) is 5.56 Å². The fraction of sp³-hybridized carbons (Fsp3) is 0.400. The minimum atomic E-state index is 0.00868. The summed E-state index contributed by atoms with van der Waals surface area (Å²) in [5, 5.41) is 11.3. The second kappa shape index (κ2) is 4.87. The van der Waals surface area contributed by atoms with Crippen LogP contribution in [0.2, 0.25) is 0 Å². The van der Waals surface area contributed by atoms with Crippen LogP contribution in [0, 0.1) is 5.92 Å². The molecular formula is C15H17N5O. The number of aromatic nitrogens is 3. The van der Waals surface area contributed by atoms with Gasteiger partial charge in [-0.15, -0.1) is 10.2 Å². The number of amides is 1. The molecular weight excluding hydrogens is 266 g/mol. The molecule has 0 radical (unpaired) electrons. The van der Waals surface area contributed by atoms with E-state index >= 15 is 0 Å². The van der Waals surface area contributed by atoms with Crippen LogP contribution in [0.15, 0.2) is 30.6 Å². The fourth-order valence-corrected chi connectivity index (χ4v) is 3.13. The lowest BCUT2D eigenvalue weighted by molar-refractivity contribution is -0.136. The number of hydrogen-bond acceptors (Lipinski definition) is 4. The van der Waals surface area contributed by atoms with Crippen LogP contribution in [0.1, 0.15) is 11.4 Å². The lowest BCUT2D eigenvalue weighted by Crippen LogP contribution is -2.44. The Labute approximate surface area is 122 Å². The summed E-state index contributed by atoms with van der Waals surface area (Å²) in [6.45, 7) is 2.79. The minimum absolute atomic E-state index is 0.00868. The molecule has 6 nitrogen and oxygen atoms in total. The summed E-state index contributed by atoms with van der Waals surface area (Å²) >= 11 is 0. The SMILES string of the molecule is O=C(C1CNc2ccccc2C1)N1CCn2cnnc2C1. The number of carbonyl (C=O) groups is 1. The van der Waals surface area contributed by atoms with E-state index in [0.29, 0.717) is 13.1 Å². The Kier molecular flexibility index (Phi) is 2.87. The van der Waals surface area contributed by atoms with E-state index in [1.54, 1.807) is 6.33 Å². The number of rotatable bonds is 1. The second-order valence-electron chi connectivity index (χ2n) is 5.64. The van der Waals surface area contributed by atoms with E-state index in [1.807, 2.05) is 21.6 Å². The molecule has 0 saturated heterocycles. The number of benzene rings is 1. The summed E-state index contributed by atoms with van der Waals surface area (Å²) in [6.07, 6.45) is 2.54. The largest absolute Gasteiger partial charge is 0.384 e. The molecule has 1 aromatic carbocycles. The molecule has 21 heavy (non-hydrogen) atoms. The standard InChI is InChI=1S/C15H17N5O/c21-15(19-5-6-20-10-17-18-14(20)9-19)12-7-11-3-1-2-4-13(11)16-8-12/h1-4,10,12,16H,5-9H2. The molecule has 1 amide bonds. The zero-order valence-corrected chi connectivity index (χ0v) is 11.7. The van der Waals surface area contributed by atoms with Crippen molar-refractivity contribution in [1.82, 2.24) is 19.7 Å². The van der Waals surface area contributed by atoms with E-state index in [2.05, 4.69) is 27.6 Å². The zero-order chi connectivity index (χ0) is 14.2. The van der Waals surface area contributed by atoms with Crippen molar-refractivity contribution in [2.24, 2.45) is 5.92 Å². The van der Waals surface area contributed by atoms with Gasteiger partial charge in [0.15, 0.2) is 5.82 Å². The maximum absolute atomic E-state index is 12.7. The molecule has 1 atom stereocenters. The second-order valence-corrected chi connectivity index (χ2v) is 5.64. The molecule has 0 saturated carbocycles. The van der Waals surface area contributed by atoms with Gasteiger partial charge in [0.25, 0.3) is 0 Å². The summed E-state index contributed by atoms with van der Waals surface area (Å²) in [4.78, 5) is 14.6.